The number of nitrogens with zero attached hydrogens (tertiary/aromatic N) is 2. The third-order valence-corrected chi connectivity index (χ3v) is 4.36. The standard InChI is InChI=1S/C13H17N3S/c1-9(11-3-2-4-11)14-8-10-5-6-12-13(7-10)16-17-15-12/h5-7,9,11,14H,2-4,8H2,1H3. The fourth-order valence-corrected chi connectivity index (χ4v) is 2.84. The van der Waals surface area contributed by atoms with Crippen LogP contribution in [0.25, 0.3) is 11.0 Å². The summed E-state index contributed by atoms with van der Waals surface area (Å²) in [5, 5.41) is 3.61. The van der Waals surface area contributed by atoms with E-state index in [1.165, 1.54) is 36.6 Å². The first-order valence-electron chi connectivity index (χ1n) is 6.27. The number of hydrogen-bond donors (Lipinski definition) is 1. The van der Waals surface area contributed by atoms with Crippen molar-refractivity contribution >= 4 is 22.8 Å². The van der Waals surface area contributed by atoms with E-state index in [2.05, 4.69) is 39.2 Å². The Morgan fingerprint density at radius 1 is 1.35 bits per heavy atom. The molecule has 0 saturated heterocycles. The highest BCUT2D eigenvalue weighted by Gasteiger charge is 2.23. The second-order valence-corrected chi connectivity index (χ2v) is 5.48. The van der Waals surface area contributed by atoms with E-state index in [1.54, 1.807) is 0 Å². The molecule has 2 aromatic rings. The molecule has 3 rings (SSSR count). The molecular weight excluding hydrogens is 230 g/mol. The van der Waals surface area contributed by atoms with Gasteiger partial charge in [-0.15, -0.1) is 0 Å². The number of rotatable bonds is 4. The molecule has 1 aliphatic carbocycles. The van der Waals surface area contributed by atoms with E-state index in [4.69, 9.17) is 0 Å². The first kappa shape index (κ1) is 11.1. The zero-order chi connectivity index (χ0) is 11.7. The number of benzene rings is 1. The molecule has 90 valence electrons. The van der Waals surface area contributed by atoms with Crippen LogP contribution in [0.3, 0.4) is 0 Å². The van der Waals surface area contributed by atoms with E-state index in [-0.39, 0.29) is 0 Å². The van der Waals surface area contributed by atoms with Gasteiger partial charge in [0.05, 0.1) is 11.7 Å². The highest BCUT2D eigenvalue weighted by Crippen LogP contribution is 2.29. The molecule has 1 aromatic carbocycles. The van der Waals surface area contributed by atoms with E-state index in [1.807, 2.05) is 0 Å². The van der Waals surface area contributed by atoms with Crippen molar-refractivity contribution in [2.75, 3.05) is 0 Å². The number of aromatic nitrogens is 2. The summed E-state index contributed by atoms with van der Waals surface area (Å²) in [5.41, 5.74) is 3.33. The number of fused-ring (bicyclic) bond motifs is 1. The lowest BCUT2D eigenvalue weighted by atomic mass is 9.80. The minimum Gasteiger partial charge on any atom is -0.310 e. The molecule has 0 bridgehead atoms. The van der Waals surface area contributed by atoms with Gasteiger partial charge in [-0.05, 0) is 43.4 Å². The van der Waals surface area contributed by atoms with E-state index in [9.17, 15) is 0 Å². The molecule has 1 fully saturated rings. The Balaban J connectivity index is 1.63. The summed E-state index contributed by atoms with van der Waals surface area (Å²) in [5.74, 6) is 0.889. The van der Waals surface area contributed by atoms with Gasteiger partial charge in [-0.3, -0.25) is 0 Å². The van der Waals surface area contributed by atoms with Gasteiger partial charge >= 0.3 is 0 Å². The molecule has 1 aromatic heterocycles. The summed E-state index contributed by atoms with van der Waals surface area (Å²) in [6.45, 7) is 3.23. The summed E-state index contributed by atoms with van der Waals surface area (Å²) in [7, 11) is 0. The quantitative estimate of drug-likeness (QED) is 0.902. The van der Waals surface area contributed by atoms with Gasteiger partial charge in [-0.2, -0.15) is 8.75 Å². The minimum atomic E-state index is 0.632. The number of hydrogen-bond acceptors (Lipinski definition) is 4. The van der Waals surface area contributed by atoms with E-state index in [0.29, 0.717) is 6.04 Å². The van der Waals surface area contributed by atoms with Crippen molar-refractivity contribution in [1.82, 2.24) is 14.1 Å². The average Bonchev–Trinajstić information content (AvgIpc) is 2.71. The number of nitrogens with one attached hydrogen (secondary N) is 1. The van der Waals surface area contributed by atoms with Gasteiger partial charge in [0.1, 0.15) is 11.0 Å². The van der Waals surface area contributed by atoms with Gasteiger partial charge in [-0.1, -0.05) is 12.5 Å². The van der Waals surface area contributed by atoms with Crippen LogP contribution in [-0.4, -0.2) is 14.8 Å². The van der Waals surface area contributed by atoms with Crippen LogP contribution in [0.5, 0.6) is 0 Å². The van der Waals surface area contributed by atoms with Gasteiger partial charge in [0.2, 0.25) is 0 Å². The average molecular weight is 247 g/mol. The third-order valence-electron chi connectivity index (χ3n) is 3.80. The molecule has 1 saturated carbocycles. The van der Waals surface area contributed by atoms with E-state index >= 15 is 0 Å². The Labute approximate surface area is 106 Å². The Hall–Kier alpha value is -1.00. The summed E-state index contributed by atoms with van der Waals surface area (Å²) in [6, 6.07) is 6.97. The van der Waals surface area contributed by atoms with Crippen LogP contribution in [0.1, 0.15) is 31.7 Å². The first-order valence-corrected chi connectivity index (χ1v) is 7.00. The lowest BCUT2D eigenvalue weighted by Crippen LogP contribution is -2.36. The molecule has 1 atom stereocenters. The van der Waals surface area contributed by atoms with Gasteiger partial charge in [0.25, 0.3) is 0 Å². The third kappa shape index (κ3) is 2.33. The van der Waals surface area contributed by atoms with E-state index in [0.717, 1.165) is 23.5 Å². The summed E-state index contributed by atoms with van der Waals surface area (Å²) in [6.07, 6.45) is 4.19. The zero-order valence-electron chi connectivity index (χ0n) is 10.0. The lowest BCUT2D eigenvalue weighted by Gasteiger charge is -2.32. The fourth-order valence-electron chi connectivity index (χ4n) is 2.32. The molecule has 1 unspecified atom stereocenters. The van der Waals surface area contributed by atoms with Crippen LogP contribution in [0.2, 0.25) is 0 Å². The van der Waals surface area contributed by atoms with Gasteiger partial charge in [0, 0.05) is 12.6 Å². The zero-order valence-corrected chi connectivity index (χ0v) is 10.8. The minimum absolute atomic E-state index is 0.632. The Kier molecular flexibility index (Phi) is 3.07. The maximum Gasteiger partial charge on any atom is 0.105 e. The van der Waals surface area contributed by atoms with Crippen molar-refractivity contribution in [3.8, 4) is 0 Å². The molecule has 3 nitrogen and oxygen atoms in total. The Morgan fingerprint density at radius 3 is 2.94 bits per heavy atom. The molecule has 0 radical (unpaired) electrons. The second-order valence-electron chi connectivity index (χ2n) is 4.95. The lowest BCUT2D eigenvalue weighted by molar-refractivity contribution is 0.240. The van der Waals surface area contributed by atoms with Crippen LogP contribution in [0.4, 0.5) is 0 Å². The molecule has 1 aliphatic rings. The molecule has 0 spiro atoms. The Morgan fingerprint density at radius 2 is 2.18 bits per heavy atom. The van der Waals surface area contributed by atoms with Gasteiger partial charge in [-0.25, -0.2) is 0 Å². The highest BCUT2D eigenvalue weighted by atomic mass is 32.1. The topological polar surface area (TPSA) is 37.8 Å². The van der Waals surface area contributed by atoms with Crippen LogP contribution in [0.15, 0.2) is 18.2 Å². The van der Waals surface area contributed by atoms with Crippen LogP contribution < -0.4 is 5.32 Å². The van der Waals surface area contributed by atoms with E-state index < -0.39 is 0 Å². The molecule has 0 aliphatic heterocycles. The summed E-state index contributed by atoms with van der Waals surface area (Å²) < 4.78 is 8.49. The predicted molar refractivity (Wildman–Crippen MR) is 71.1 cm³/mol. The molecule has 4 heteroatoms. The molecule has 1 N–H and O–H groups in total. The predicted octanol–water partition coefficient (Wildman–Crippen LogP) is 2.97. The van der Waals surface area contributed by atoms with Crippen molar-refractivity contribution in [2.45, 2.75) is 38.8 Å². The monoisotopic (exact) mass is 247 g/mol. The molecule has 0 amide bonds. The largest absolute Gasteiger partial charge is 0.310 e. The molecule has 17 heavy (non-hydrogen) atoms. The normalized spacial score (nSPS) is 18.2. The van der Waals surface area contributed by atoms with Crippen LogP contribution >= 0.6 is 11.7 Å². The van der Waals surface area contributed by atoms with Crippen LogP contribution in [-0.2, 0) is 6.54 Å². The maximum absolute atomic E-state index is 4.27. The second kappa shape index (κ2) is 4.70. The Bertz CT molecular complexity index is 504. The van der Waals surface area contributed by atoms with Crippen molar-refractivity contribution in [3.63, 3.8) is 0 Å². The van der Waals surface area contributed by atoms with Gasteiger partial charge < -0.3 is 5.32 Å². The van der Waals surface area contributed by atoms with Crippen molar-refractivity contribution in [2.24, 2.45) is 5.92 Å². The summed E-state index contributed by atoms with van der Waals surface area (Å²) >= 11 is 1.28. The molecule has 1 heterocycles. The first-order chi connectivity index (χ1) is 8.33. The fraction of sp³-hybridized carbons (Fsp3) is 0.538. The van der Waals surface area contributed by atoms with Crippen molar-refractivity contribution < 1.29 is 0 Å². The molecular formula is C13H17N3S. The van der Waals surface area contributed by atoms with Gasteiger partial charge in [0.15, 0.2) is 0 Å². The SMILES string of the molecule is CC(NCc1ccc2nsnc2c1)C1CCC1. The maximum atomic E-state index is 4.27. The van der Waals surface area contributed by atoms with Crippen LogP contribution in [0, 0.1) is 5.92 Å². The smallest absolute Gasteiger partial charge is 0.105 e. The van der Waals surface area contributed by atoms with Crippen molar-refractivity contribution in [1.29, 1.82) is 0 Å². The highest BCUT2D eigenvalue weighted by molar-refractivity contribution is 7.00. The van der Waals surface area contributed by atoms with Crippen molar-refractivity contribution in [3.05, 3.63) is 23.8 Å². The summed E-state index contributed by atoms with van der Waals surface area (Å²) in [4.78, 5) is 0.